The van der Waals surface area contributed by atoms with Gasteiger partial charge in [-0.25, -0.2) is 0 Å². The van der Waals surface area contributed by atoms with E-state index in [9.17, 15) is 0 Å². The van der Waals surface area contributed by atoms with Crippen LogP contribution in [0.4, 0.5) is 0 Å². The Bertz CT molecular complexity index is 113. The van der Waals surface area contributed by atoms with E-state index in [0.29, 0.717) is 0 Å². The van der Waals surface area contributed by atoms with Gasteiger partial charge >= 0.3 is 0 Å². The van der Waals surface area contributed by atoms with Crippen LogP contribution in [0.15, 0.2) is 4.99 Å². The lowest BCUT2D eigenvalue weighted by molar-refractivity contribution is 0.625. The molecular weight excluding hydrogens is 112 g/mol. The van der Waals surface area contributed by atoms with Crippen molar-refractivity contribution in [3.8, 4) is 6.07 Å². The molecule has 50 valence electrons. The number of nitriles is 1. The maximum absolute atomic E-state index is 8.34. The van der Waals surface area contributed by atoms with Gasteiger partial charge in [0.15, 0.2) is 0 Å². The number of nitrogens with zero attached hydrogens (tertiary/aromatic N) is 2. The first kappa shape index (κ1) is 8.16. The van der Waals surface area contributed by atoms with E-state index in [4.69, 9.17) is 5.26 Å². The molecule has 0 aromatic rings. The summed E-state index contributed by atoms with van der Waals surface area (Å²) in [7, 11) is 0. The lowest BCUT2D eigenvalue weighted by Crippen LogP contribution is -1.90. The lowest BCUT2D eigenvalue weighted by Gasteiger charge is -1.96. The van der Waals surface area contributed by atoms with Crippen molar-refractivity contribution in [3.63, 3.8) is 0 Å². The topological polar surface area (TPSA) is 36.1 Å². The van der Waals surface area contributed by atoms with Crippen molar-refractivity contribution in [1.82, 2.24) is 0 Å². The minimum Gasteiger partial charge on any atom is -0.301 e. The molecule has 0 aliphatic carbocycles. The Morgan fingerprint density at radius 3 is 2.89 bits per heavy atom. The second-order valence-corrected chi connectivity index (χ2v) is 2.12. The summed E-state index contributed by atoms with van der Waals surface area (Å²) >= 11 is 0. The quantitative estimate of drug-likeness (QED) is 0.414. The van der Waals surface area contributed by atoms with Gasteiger partial charge in [0, 0.05) is 12.5 Å². The van der Waals surface area contributed by atoms with Gasteiger partial charge in [-0.2, -0.15) is 5.26 Å². The Labute approximate surface area is 56.2 Å². The fraction of sp³-hybridized carbons (Fsp3) is 0.714. The Morgan fingerprint density at radius 2 is 2.44 bits per heavy atom. The average molecular weight is 124 g/mol. The standard InChI is InChI=1S/C7H12N2/c1-7(6-8)4-3-5-9-2/h7H,2-5H2,1H3. The molecule has 0 aromatic heterocycles. The number of hydrogen-bond donors (Lipinski definition) is 0. The maximum atomic E-state index is 8.34. The van der Waals surface area contributed by atoms with E-state index in [1.165, 1.54) is 0 Å². The van der Waals surface area contributed by atoms with Crippen LogP contribution in [0.3, 0.4) is 0 Å². The predicted octanol–water partition coefficient (Wildman–Crippen LogP) is 1.63. The molecule has 0 aliphatic heterocycles. The summed E-state index contributed by atoms with van der Waals surface area (Å²) in [5, 5.41) is 8.34. The van der Waals surface area contributed by atoms with Crippen LogP contribution in [-0.4, -0.2) is 13.3 Å². The van der Waals surface area contributed by atoms with E-state index in [2.05, 4.69) is 17.8 Å². The highest BCUT2D eigenvalue weighted by Gasteiger charge is 1.96. The predicted molar refractivity (Wildman–Crippen MR) is 38.4 cm³/mol. The van der Waals surface area contributed by atoms with Gasteiger partial charge in [-0.1, -0.05) is 0 Å². The minimum atomic E-state index is 0.173. The highest BCUT2D eigenvalue weighted by Crippen LogP contribution is 2.02. The van der Waals surface area contributed by atoms with Crippen LogP contribution in [0, 0.1) is 17.2 Å². The molecule has 0 fully saturated rings. The summed E-state index contributed by atoms with van der Waals surface area (Å²) in [5.41, 5.74) is 0. The Hall–Kier alpha value is -0.840. The third-order valence-corrected chi connectivity index (χ3v) is 1.17. The van der Waals surface area contributed by atoms with Crippen LogP contribution in [0.25, 0.3) is 0 Å². The van der Waals surface area contributed by atoms with Crippen LogP contribution < -0.4 is 0 Å². The van der Waals surface area contributed by atoms with Gasteiger partial charge in [0.05, 0.1) is 6.07 Å². The van der Waals surface area contributed by atoms with Crippen molar-refractivity contribution in [2.75, 3.05) is 6.54 Å². The van der Waals surface area contributed by atoms with Crippen molar-refractivity contribution >= 4 is 6.72 Å². The van der Waals surface area contributed by atoms with E-state index in [1.54, 1.807) is 0 Å². The second-order valence-electron chi connectivity index (χ2n) is 2.12. The van der Waals surface area contributed by atoms with Crippen molar-refractivity contribution in [3.05, 3.63) is 0 Å². The zero-order valence-electron chi connectivity index (χ0n) is 5.80. The normalized spacial score (nSPS) is 12.0. The van der Waals surface area contributed by atoms with Gasteiger partial charge in [0.25, 0.3) is 0 Å². The van der Waals surface area contributed by atoms with Crippen molar-refractivity contribution in [2.45, 2.75) is 19.8 Å². The first-order chi connectivity index (χ1) is 4.31. The minimum absolute atomic E-state index is 0.173. The van der Waals surface area contributed by atoms with E-state index in [0.717, 1.165) is 19.4 Å². The number of hydrogen-bond acceptors (Lipinski definition) is 2. The fourth-order valence-corrected chi connectivity index (χ4v) is 0.574. The Balaban J connectivity index is 3.08. The zero-order chi connectivity index (χ0) is 7.11. The molecule has 0 amide bonds. The van der Waals surface area contributed by atoms with Crippen molar-refractivity contribution in [1.29, 1.82) is 5.26 Å². The largest absolute Gasteiger partial charge is 0.301 e. The first-order valence-corrected chi connectivity index (χ1v) is 3.13. The molecule has 1 atom stereocenters. The van der Waals surface area contributed by atoms with Gasteiger partial charge in [-0.3, -0.25) is 0 Å². The molecule has 0 rings (SSSR count). The van der Waals surface area contributed by atoms with E-state index in [-0.39, 0.29) is 5.92 Å². The monoisotopic (exact) mass is 124 g/mol. The molecule has 0 spiro atoms. The molecular formula is C7H12N2. The van der Waals surface area contributed by atoms with Gasteiger partial charge in [-0.15, -0.1) is 0 Å². The fourth-order valence-electron chi connectivity index (χ4n) is 0.574. The summed E-state index contributed by atoms with van der Waals surface area (Å²) < 4.78 is 0. The highest BCUT2D eigenvalue weighted by atomic mass is 14.7. The molecule has 0 aliphatic rings. The smallest absolute Gasteiger partial charge is 0.0652 e. The van der Waals surface area contributed by atoms with Gasteiger partial charge in [-0.05, 0) is 26.5 Å². The summed E-state index contributed by atoms with van der Waals surface area (Å²) in [6.07, 6.45) is 1.92. The van der Waals surface area contributed by atoms with E-state index in [1.807, 2.05) is 6.92 Å². The summed E-state index contributed by atoms with van der Waals surface area (Å²) in [6.45, 7) is 6.05. The first-order valence-electron chi connectivity index (χ1n) is 3.13. The zero-order valence-corrected chi connectivity index (χ0v) is 5.80. The van der Waals surface area contributed by atoms with Crippen LogP contribution in [0.2, 0.25) is 0 Å². The molecule has 1 unspecified atom stereocenters. The Kier molecular flexibility index (Phi) is 4.81. The van der Waals surface area contributed by atoms with Gasteiger partial charge in [0.1, 0.15) is 0 Å². The number of aliphatic imine (C=N–C) groups is 1. The molecule has 0 radical (unpaired) electrons. The van der Waals surface area contributed by atoms with Crippen LogP contribution >= 0.6 is 0 Å². The summed E-state index contributed by atoms with van der Waals surface area (Å²) in [4.78, 5) is 3.68. The second kappa shape index (κ2) is 5.30. The third kappa shape index (κ3) is 5.02. The molecule has 0 aromatic carbocycles. The molecule has 9 heavy (non-hydrogen) atoms. The van der Waals surface area contributed by atoms with Crippen LogP contribution in [0.5, 0.6) is 0 Å². The summed E-state index contributed by atoms with van der Waals surface area (Å²) in [5.74, 6) is 0.173. The number of rotatable bonds is 4. The van der Waals surface area contributed by atoms with Crippen molar-refractivity contribution < 1.29 is 0 Å². The van der Waals surface area contributed by atoms with Gasteiger partial charge in [0.2, 0.25) is 0 Å². The summed E-state index contributed by atoms with van der Waals surface area (Å²) in [6, 6.07) is 2.16. The highest BCUT2D eigenvalue weighted by molar-refractivity contribution is 5.22. The third-order valence-electron chi connectivity index (χ3n) is 1.17. The molecule has 2 heteroatoms. The van der Waals surface area contributed by atoms with Gasteiger partial charge < -0.3 is 4.99 Å². The lowest BCUT2D eigenvalue weighted by atomic mass is 10.1. The molecule has 0 bridgehead atoms. The van der Waals surface area contributed by atoms with Crippen molar-refractivity contribution in [2.24, 2.45) is 10.9 Å². The SMILES string of the molecule is C=NCCCC(C)C#N. The van der Waals surface area contributed by atoms with Crippen LogP contribution in [-0.2, 0) is 0 Å². The molecule has 2 nitrogen and oxygen atoms in total. The van der Waals surface area contributed by atoms with E-state index >= 15 is 0 Å². The van der Waals surface area contributed by atoms with Crippen LogP contribution in [0.1, 0.15) is 19.8 Å². The maximum Gasteiger partial charge on any atom is 0.0652 e. The Morgan fingerprint density at radius 1 is 1.78 bits per heavy atom. The average Bonchev–Trinajstić information content (AvgIpc) is 1.89. The molecule has 0 N–H and O–H groups in total. The van der Waals surface area contributed by atoms with E-state index < -0.39 is 0 Å². The molecule has 0 saturated heterocycles. The molecule has 0 saturated carbocycles. The molecule has 0 heterocycles.